The van der Waals surface area contributed by atoms with Gasteiger partial charge < -0.3 is 4.74 Å². The van der Waals surface area contributed by atoms with Crippen molar-refractivity contribution in [2.75, 3.05) is 6.61 Å². The molecular weight excluding hydrogens is 326 g/mol. The molecule has 0 spiro atoms. The molecule has 0 aliphatic rings. The molecule has 0 aliphatic heterocycles. The first-order chi connectivity index (χ1) is 12.9. The Bertz CT molecular complexity index is 848. The highest BCUT2D eigenvalue weighted by molar-refractivity contribution is 6.13. The highest BCUT2D eigenvalue weighted by atomic mass is 16.5. The van der Waals surface area contributed by atoms with Gasteiger partial charge in [0, 0.05) is 11.1 Å². The van der Waals surface area contributed by atoms with Gasteiger partial charge in [0.2, 0.25) is 0 Å². The predicted molar refractivity (Wildman–Crippen MR) is 101 cm³/mol. The van der Waals surface area contributed by atoms with E-state index in [9.17, 15) is 4.79 Å². The molecule has 1 heterocycles. The summed E-state index contributed by atoms with van der Waals surface area (Å²) >= 11 is 0. The minimum atomic E-state index is 0.193. The van der Waals surface area contributed by atoms with E-state index in [2.05, 4.69) is 14.7 Å². The van der Waals surface area contributed by atoms with Crippen LogP contribution in [0.5, 0.6) is 0 Å². The summed E-state index contributed by atoms with van der Waals surface area (Å²) in [6.45, 7) is 0.594. The van der Waals surface area contributed by atoms with Crippen molar-refractivity contribution in [1.82, 2.24) is 9.97 Å². The average molecular weight is 343 g/mol. The summed E-state index contributed by atoms with van der Waals surface area (Å²) in [5.41, 5.74) is 3.56. The van der Waals surface area contributed by atoms with Crippen LogP contribution in [-0.2, 0) is 9.53 Å². The molecule has 0 N–H and O–H groups in total. The number of hydrogen-bond acceptors (Lipinski definition) is 5. The van der Waals surface area contributed by atoms with Crippen molar-refractivity contribution in [1.29, 1.82) is 0 Å². The third-order valence-electron chi connectivity index (χ3n) is 3.52. The molecule has 3 rings (SSSR count). The van der Waals surface area contributed by atoms with Crippen LogP contribution in [0.4, 0.5) is 5.69 Å². The molecule has 5 heteroatoms. The van der Waals surface area contributed by atoms with Crippen molar-refractivity contribution < 1.29 is 9.53 Å². The summed E-state index contributed by atoms with van der Waals surface area (Å²) in [5, 5.41) is 0. The van der Waals surface area contributed by atoms with Crippen LogP contribution >= 0.6 is 0 Å². The van der Waals surface area contributed by atoms with Gasteiger partial charge in [-0.15, -0.1) is 0 Å². The van der Waals surface area contributed by atoms with Crippen molar-refractivity contribution in [3.05, 3.63) is 96.1 Å². The lowest BCUT2D eigenvalue weighted by Gasteiger charge is -2.07. The Morgan fingerprint density at radius 1 is 0.923 bits per heavy atom. The summed E-state index contributed by atoms with van der Waals surface area (Å²) < 4.78 is 4.58. The molecule has 3 aromatic rings. The molecule has 0 atom stereocenters. The molecule has 0 bridgehead atoms. The number of aromatic nitrogens is 2. The number of rotatable bonds is 7. The zero-order chi connectivity index (χ0) is 18.0. The van der Waals surface area contributed by atoms with Crippen molar-refractivity contribution in [2.45, 2.75) is 0 Å². The molecule has 0 radical (unpaired) electrons. The van der Waals surface area contributed by atoms with Crippen LogP contribution in [0, 0.1) is 0 Å². The molecule has 5 nitrogen and oxygen atoms in total. The highest BCUT2D eigenvalue weighted by Crippen LogP contribution is 2.17. The van der Waals surface area contributed by atoms with E-state index in [1.54, 1.807) is 24.5 Å². The summed E-state index contributed by atoms with van der Waals surface area (Å²) in [6, 6.07) is 20.0. The summed E-state index contributed by atoms with van der Waals surface area (Å²) in [7, 11) is 0. The number of ether oxygens (including phenoxy) is 1. The Hall–Kier alpha value is -3.60. The molecule has 128 valence electrons. The van der Waals surface area contributed by atoms with Gasteiger partial charge in [-0.2, -0.15) is 0 Å². The first kappa shape index (κ1) is 17.2. The molecule has 0 saturated carbocycles. The molecule has 0 amide bonds. The standard InChI is InChI=1S/C21H17N3O2/c25-16-26-13-7-12-20-22-14-19(15-23-20)24-21(17-8-3-1-4-9-17)18-10-5-2-6-11-18/h1-12,14-16H,13H2/b12-7+. The molecule has 0 unspecified atom stereocenters. The summed E-state index contributed by atoms with van der Waals surface area (Å²) in [6.07, 6.45) is 6.69. The Morgan fingerprint density at radius 3 is 2.04 bits per heavy atom. The second-order valence-electron chi connectivity index (χ2n) is 5.32. The largest absolute Gasteiger partial charge is 0.464 e. The van der Waals surface area contributed by atoms with Gasteiger partial charge >= 0.3 is 0 Å². The third kappa shape index (κ3) is 4.70. The Morgan fingerprint density at radius 2 is 1.50 bits per heavy atom. The fourth-order valence-electron chi connectivity index (χ4n) is 2.34. The normalized spacial score (nSPS) is 10.5. The van der Waals surface area contributed by atoms with Crippen LogP contribution in [0.2, 0.25) is 0 Å². The zero-order valence-electron chi connectivity index (χ0n) is 14.0. The van der Waals surface area contributed by atoms with Crippen LogP contribution in [-0.4, -0.2) is 28.8 Å². The number of hydrogen-bond donors (Lipinski definition) is 0. The molecule has 0 fully saturated rings. The fraction of sp³-hybridized carbons (Fsp3) is 0.0476. The lowest BCUT2D eigenvalue weighted by molar-refractivity contribution is -0.127. The quantitative estimate of drug-likeness (QED) is 0.371. The molecule has 0 saturated heterocycles. The van der Waals surface area contributed by atoms with Gasteiger partial charge in [-0.3, -0.25) is 4.79 Å². The fourth-order valence-corrected chi connectivity index (χ4v) is 2.34. The smallest absolute Gasteiger partial charge is 0.293 e. The first-order valence-electron chi connectivity index (χ1n) is 8.10. The highest BCUT2D eigenvalue weighted by Gasteiger charge is 2.07. The zero-order valence-corrected chi connectivity index (χ0v) is 14.0. The number of nitrogens with zero attached hydrogens (tertiary/aromatic N) is 3. The van der Waals surface area contributed by atoms with Crippen LogP contribution in [0.15, 0.2) is 84.1 Å². The molecular formula is C21H17N3O2. The van der Waals surface area contributed by atoms with E-state index in [0.717, 1.165) is 16.8 Å². The Labute approximate surface area is 151 Å². The second kappa shape index (κ2) is 9.03. The molecule has 1 aromatic heterocycles. The maximum atomic E-state index is 10.1. The van der Waals surface area contributed by atoms with E-state index < -0.39 is 0 Å². The van der Waals surface area contributed by atoms with Crippen molar-refractivity contribution in [3.63, 3.8) is 0 Å². The van der Waals surface area contributed by atoms with Gasteiger partial charge in [0.25, 0.3) is 6.47 Å². The van der Waals surface area contributed by atoms with Crippen LogP contribution in [0.25, 0.3) is 6.08 Å². The molecule has 26 heavy (non-hydrogen) atoms. The maximum Gasteiger partial charge on any atom is 0.293 e. The number of aliphatic imine (C=N–C) groups is 1. The van der Waals surface area contributed by atoms with E-state index >= 15 is 0 Å². The average Bonchev–Trinajstić information content (AvgIpc) is 2.72. The third-order valence-corrected chi connectivity index (χ3v) is 3.52. The van der Waals surface area contributed by atoms with E-state index in [1.807, 2.05) is 60.7 Å². The number of benzene rings is 2. The van der Waals surface area contributed by atoms with Gasteiger partial charge in [0.1, 0.15) is 12.3 Å². The van der Waals surface area contributed by atoms with Gasteiger partial charge in [-0.25, -0.2) is 15.0 Å². The topological polar surface area (TPSA) is 64.4 Å². The van der Waals surface area contributed by atoms with Crippen LogP contribution in [0.1, 0.15) is 17.0 Å². The van der Waals surface area contributed by atoms with Crippen LogP contribution in [0.3, 0.4) is 0 Å². The van der Waals surface area contributed by atoms with Gasteiger partial charge in [-0.05, 0) is 12.2 Å². The molecule has 2 aromatic carbocycles. The number of carbonyl (C=O) groups is 1. The van der Waals surface area contributed by atoms with Crippen molar-refractivity contribution >= 4 is 23.9 Å². The van der Waals surface area contributed by atoms with Gasteiger partial charge in [-0.1, -0.05) is 60.7 Å². The monoisotopic (exact) mass is 343 g/mol. The molecule has 0 aliphatic carbocycles. The van der Waals surface area contributed by atoms with E-state index in [4.69, 9.17) is 4.99 Å². The minimum Gasteiger partial charge on any atom is -0.464 e. The van der Waals surface area contributed by atoms with E-state index in [-0.39, 0.29) is 6.61 Å². The second-order valence-corrected chi connectivity index (χ2v) is 5.32. The van der Waals surface area contributed by atoms with Crippen molar-refractivity contribution in [3.8, 4) is 0 Å². The minimum absolute atomic E-state index is 0.193. The van der Waals surface area contributed by atoms with E-state index in [0.29, 0.717) is 18.0 Å². The van der Waals surface area contributed by atoms with Gasteiger partial charge in [0.15, 0.2) is 5.82 Å². The lowest BCUT2D eigenvalue weighted by atomic mass is 10.0. The SMILES string of the molecule is O=COC/C=C/c1ncc(N=C(c2ccccc2)c2ccccc2)cn1. The van der Waals surface area contributed by atoms with Crippen molar-refractivity contribution in [2.24, 2.45) is 4.99 Å². The van der Waals surface area contributed by atoms with Crippen LogP contribution < -0.4 is 0 Å². The lowest BCUT2D eigenvalue weighted by Crippen LogP contribution is -2.02. The van der Waals surface area contributed by atoms with Gasteiger partial charge in [0.05, 0.1) is 18.1 Å². The van der Waals surface area contributed by atoms with E-state index in [1.165, 1.54) is 0 Å². The Balaban J connectivity index is 1.88. The summed E-state index contributed by atoms with van der Waals surface area (Å²) in [4.78, 5) is 23.4. The predicted octanol–water partition coefficient (Wildman–Crippen LogP) is 3.83. The Kier molecular flexibility index (Phi) is 5.99. The first-order valence-corrected chi connectivity index (χ1v) is 8.10. The summed E-state index contributed by atoms with van der Waals surface area (Å²) in [5.74, 6) is 0.527. The number of carbonyl (C=O) groups excluding carboxylic acids is 1. The maximum absolute atomic E-state index is 10.1.